The van der Waals surface area contributed by atoms with E-state index in [0.717, 1.165) is 23.4 Å². The lowest BCUT2D eigenvalue weighted by Crippen LogP contribution is -2.10. The Labute approximate surface area is 99.6 Å². The van der Waals surface area contributed by atoms with Gasteiger partial charge in [0.05, 0.1) is 6.10 Å². The van der Waals surface area contributed by atoms with Crippen LogP contribution in [0.2, 0.25) is 0 Å². The predicted molar refractivity (Wildman–Crippen MR) is 63.4 cm³/mol. The van der Waals surface area contributed by atoms with E-state index in [4.69, 9.17) is 4.74 Å². The summed E-state index contributed by atoms with van der Waals surface area (Å²) >= 11 is 0. The zero-order valence-electron chi connectivity index (χ0n) is 9.62. The van der Waals surface area contributed by atoms with Gasteiger partial charge in [-0.3, -0.25) is 0 Å². The van der Waals surface area contributed by atoms with Crippen LogP contribution in [-0.4, -0.2) is 20.6 Å². The van der Waals surface area contributed by atoms with Crippen molar-refractivity contribution in [1.82, 2.24) is 14.5 Å². The standard InChI is InChI=1S/C13H15N3O/c1-2-9-6-12(17-11(9)3-1)16-5-4-10-7-14-8-15-13(10)16/h4-5,7-9,11-12H,1-3,6H2. The van der Waals surface area contributed by atoms with Crippen molar-refractivity contribution in [3.63, 3.8) is 0 Å². The summed E-state index contributed by atoms with van der Waals surface area (Å²) < 4.78 is 8.30. The summed E-state index contributed by atoms with van der Waals surface area (Å²) in [5.41, 5.74) is 0.991. The molecule has 1 saturated heterocycles. The molecule has 2 aromatic heterocycles. The first-order valence-corrected chi connectivity index (χ1v) is 6.34. The molecule has 2 aliphatic rings. The molecule has 17 heavy (non-hydrogen) atoms. The van der Waals surface area contributed by atoms with E-state index in [-0.39, 0.29) is 6.23 Å². The van der Waals surface area contributed by atoms with Gasteiger partial charge in [-0.2, -0.15) is 0 Å². The largest absolute Gasteiger partial charge is 0.354 e. The fraction of sp³-hybridized carbons (Fsp3) is 0.538. The normalized spacial score (nSPS) is 32.1. The van der Waals surface area contributed by atoms with Crippen molar-refractivity contribution >= 4 is 11.0 Å². The number of fused-ring (bicyclic) bond motifs is 2. The van der Waals surface area contributed by atoms with Crippen molar-refractivity contribution in [2.24, 2.45) is 5.92 Å². The molecule has 4 heteroatoms. The van der Waals surface area contributed by atoms with Gasteiger partial charge in [-0.25, -0.2) is 9.97 Å². The summed E-state index contributed by atoms with van der Waals surface area (Å²) in [6, 6.07) is 2.06. The van der Waals surface area contributed by atoms with Crippen LogP contribution in [-0.2, 0) is 4.74 Å². The summed E-state index contributed by atoms with van der Waals surface area (Å²) in [5, 5.41) is 1.09. The molecule has 3 heterocycles. The summed E-state index contributed by atoms with van der Waals surface area (Å²) in [6.45, 7) is 0. The summed E-state index contributed by atoms with van der Waals surface area (Å²) in [5.74, 6) is 0.763. The monoisotopic (exact) mass is 229 g/mol. The highest BCUT2D eigenvalue weighted by atomic mass is 16.5. The minimum Gasteiger partial charge on any atom is -0.354 e. The summed E-state index contributed by atoms with van der Waals surface area (Å²) in [4.78, 5) is 8.40. The van der Waals surface area contributed by atoms with E-state index in [9.17, 15) is 0 Å². The Bertz CT molecular complexity index is 538. The van der Waals surface area contributed by atoms with E-state index in [2.05, 4.69) is 26.8 Å². The lowest BCUT2D eigenvalue weighted by molar-refractivity contribution is 0.00201. The zero-order valence-corrected chi connectivity index (χ0v) is 9.62. The quantitative estimate of drug-likeness (QED) is 0.754. The Balaban J connectivity index is 1.71. The number of ether oxygens (including phenoxy) is 1. The summed E-state index contributed by atoms with van der Waals surface area (Å²) in [6.07, 6.45) is 11.2. The minimum atomic E-state index is 0.178. The number of aromatic nitrogens is 3. The maximum Gasteiger partial charge on any atom is 0.145 e. The van der Waals surface area contributed by atoms with Crippen molar-refractivity contribution in [3.8, 4) is 0 Å². The average Bonchev–Trinajstić information content (AvgIpc) is 3.01. The predicted octanol–water partition coefficient (Wildman–Crippen LogP) is 2.52. The topological polar surface area (TPSA) is 39.9 Å². The van der Waals surface area contributed by atoms with Gasteiger partial charge in [-0.15, -0.1) is 0 Å². The van der Waals surface area contributed by atoms with Crippen molar-refractivity contribution in [3.05, 3.63) is 24.8 Å². The molecule has 0 radical (unpaired) electrons. The van der Waals surface area contributed by atoms with Gasteiger partial charge in [-0.1, -0.05) is 6.42 Å². The molecule has 0 aromatic carbocycles. The SMILES string of the molecule is c1ncc2ccn(C3CC4CCCC4O3)c2n1. The van der Waals surface area contributed by atoms with Crippen LogP contribution in [0.5, 0.6) is 0 Å². The van der Waals surface area contributed by atoms with E-state index in [1.54, 1.807) is 6.33 Å². The Morgan fingerprint density at radius 2 is 2.35 bits per heavy atom. The third kappa shape index (κ3) is 1.40. The molecule has 3 unspecified atom stereocenters. The molecule has 88 valence electrons. The maximum absolute atomic E-state index is 6.14. The highest BCUT2D eigenvalue weighted by Crippen LogP contribution is 2.43. The molecule has 4 nitrogen and oxygen atoms in total. The number of nitrogens with zero attached hydrogens (tertiary/aromatic N) is 3. The van der Waals surface area contributed by atoms with Crippen molar-refractivity contribution < 1.29 is 4.74 Å². The average molecular weight is 229 g/mol. The van der Waals surface area contributed by atoms with Gasteiger partial charge in [0.15, 0.2) is 0 Å². The van der Waals surface area contributed by atoms with Gasteiger partial charge in [0.2, 0.25) is 0 Å². The molecule has 1 saturated carbocycles. The van der Waals surface area contributed by atoms with Crippen LogP contribution < -0.4 is 0 Å². The van der Waals surface area contributed by atoms with E-state index < -0.39 is 0 Å². The third-order valence-electron chi connectivity index (χ3n) is 4.11. The molecule has 0 bridgehead atoms. The highest BCUT2D eigenvalue weighted by Gasteiger charge is 2.39. The van der Waals surface area contributed by atoms with Crippen LogP contribution in [0.4, 0.5) is 0 Å². The summed E-state index contributed by atoms with van der Waals surface area (Å²) in [7, 11) is 0. The van der Waals surface area contributed by atoms with E-state index >= 15 is 0 Å². The third-order valence-corrected chi connectivity index (χ3v) is 4.11. The molecular weight excluding hydrogens is 214 g/mol. The minimum absolute atomic E-state index is 0.178. The van der Waals surface area contributed by atoms with Crippen molar-refractivity contribution in [2.75, 3.05) is 0 Å². The van der Waals surface area contributed by atoms with E-state index in [1.807, 2.05) is 6.20 Å². The zero-order chi connectivity index (χ0) is 11.2. The second-order valence-electron chi connectivity index (χ2n) is 5.08. The van der Waals surface area contributed by atoms with Gasteiger partial charge >= 0.3 is 0 Å². The fourth-order valence-corrected chi connectivity index (χ4v) is 3.28. The number of hydrogen-bond donors (Lipinski definition) is 0. The van der Waals surface area contributed by atoms with E-state index in [0.29, 0.717) is 6.10 Å². The molecular formula is C13H15N3O. The van der Waals surface area contributed by atoms with Gasteiger partial charge in [0.1, 0.15) is 18.2 Å². The molecule has 2 aromatic rings. The van der Waals surface area contributed by atoms with Gasteiger partial charge in [0, 0.05) is 17.8 Å². The lowest BCUT2D eigenvalue weighted by Gasteiger charge is -2.14. The smallest absolute Gasteiger partial charge is 0.145 e. The van der Waals surface area contributed by atoms with Crippen LogP contribution in [0.25, 0.3) is 11.0 Å². The second kappa shape index (κ2) is 3.53. The maximum atomic E-state index is 6.14. The van der Waals surface area contributed by atoms with Crippen LogP contribution in [0.3, 0.4) is 0 Å². The molecule has 0 spiro atoms. The number of hydrogen-bond acceptors (Lipinski definition) is 3. The van der Waals surface area contributed by atoms with Crippen LogP contribution in [0, 0.1) is 5.92 Å². The molecule has 3 atom stereocenters. The van der Waals surface area contributed by atoms with E-state index in [1.165, 1.54) is 19.3 Å². The molecule has 0 N–H and O–H groups in total. The number of rotatable bonds is 1. The molecule has 4 rings (SSSR count). The Hall–Kier alpha value is -1.42. The lowest BCUT2D eigenvalue weighted by atomic mass is 10.0. The fourth-order valence-electron chi connectivity index (χ4n) is 3.28. The first-order valence-electron chi connectivity index (χ1n) is 6.34. The van der Waals surface area contributed by atoms with Crippen LogP contribution in [0.15, 0.2) is 24.8 Å². The van der Waals surface area contributed by atoms with Gasteiger partial charge in [-0.05, 0) is 31.2 Å². The molecule has 0 amide bonds. The Morgan fingerprint density at radius 3 is 3.29 bits per heavy atom. The Kier molecular flexibility index (Phi) is 1.99. The first kappa shape index (κ1) is 9.59. The molecule has 1 aliphatic carbocycles. The van der Waals surface area contributed by atoms with Crippen LogP contribution in [0.1, 0.15) is 31.9 Å². The van der Waals surface area contributed by atoms with Gasteiger partial charge < -0.3 is 9.30 Å². The van der Waals surface area contributed by atoms with Gasteiger partial charge in [0.25, 0.3) is 0 Å². The second-order valence-corrected chi connectivity index (χ2v) is 5.08. The van der Waals surface area contributed by atoms with Crippen molar-refractivity contribution in [1.29, 1.82) is 0 Å². The van der Waals surface area contributed by atoms with Crippen LogP contribution >= 0.6 is 0 Å². The highest BCUT2D eigenvalue weighted by molar-refractivity contribution is 5.74. The molecule has 2 fully saturated rings. The Morgan fingerprint density at radius 1 is 1.35 bits per heavy atom. The molecule has 1 aliphatic heterocycles. The van der Waals surface area contributed by atoms with Crippen molar-refractivity contribution in [2.45, 2.75) is 38.0 Å². The first-order chi connectivity index (χ1) is 8.42.